The second-order valence-electron chi connectivity index (χ2n) is 5.25. The zero-order chi connectivity index (χ0) is 16.7. The largest absolute Gasteiger partial charge is 0.424 e. The van der Waals surface area contributed by atoms with Crippen LogP contribution in [0.4, 0.5) is 4.79 Å². The topological polar surface area (TPSA) is 78.3 Å². The van der Waals surface area contributed by atoms with Gasteiger partial charge in [-0.3, -0.25) is 9.59 Å². The smallest absolute Gasteiger partial charge is 0.410 e. The molecular formula is C18H10N2O4. The van der Waals surface area contributed by atoms with Gasteiger partial charge in [0, 0.05) is 34.6 Å². The van der Waals surface area contributed by atoms with E-state index in [1.165, 1.54) is 41.5 Å². The first-order chi connectivity index (χ1) is 11.6. The van der Waals surface area contributed by atoms with Crippen molar-refractivity contribution in [1.82, 2.24) is 9.55 Å². The van der Waals surface area contributed by atoms with Gasteiger partial charge in [-0.05, 0) is 18.2 Å². The van der Waals surface area contributed by atoms with Crippen LogP contribution in [0, 0.1) is 0 Å². The molecule has 2 aromatic carbocycles. The number of aromatic nitrogens is 2. The predicted molar refractivity (Wildman–Crippen MR) is 83.4 cm³/mol. The molecule has 1 aromatic heterocycles. The van der Waals surface area contributed by atoms with Crippen LogP contribution in [0.2, 0.25) is 0 Å². The van der Waals surface area contributed by atoms with Crippen molar-refractivity contribution >= 4 is 17.7 Å². The summed E-state index contributed by atoms with van der Waals surface area (Å²) in [6, 6.07) is 11.1. The molecule has 0 atom stereocenters. The number of hydrogen-bond donors (Lipinski definition) is 0. The molecule has 6 heteroatoms. The van der Waals surface area contributed by atoms with Crippen molar-refractivity contribution in [2.75, 3.05) is 0 Å². The van der Waals surface area contributed by atoms with E-state index in [0.29, 0.717) is 16.7 Å². The number of nitrogens with zero attached hydrogens (tertiary/aromatic N) is 2. The van der Waals surface area contributed by atoms with Gasteiger partial charge in [-0.2, -0.15) is 0 Å². The molecule has 0 spiro atoms. The van der Waals surface area contributed by atoms with E-state index < -0.39 is 6.09 Å². The van der Waals surface area contributed by atoms with Gasteiger partial charge in [0.15, 0.2) is 11.6 Å². The van der Waals surface area contributed by atoms with Crippen molar-refractivity contribution < 1.29 is 19.1 Å². The lowest BCUT2D eigenvalue weighted by Crippen LogP contribution is -2.21. The molecule has 0 aliphatic heterocycles. The van der Waals surface area contributed by atoms with Crippen LogP contribution in [0.15, 0.2) is 61.2 Å². The highest BCUT2D eigenvalue weighted by Gasteiger charge is 2.29. The lowest BCUT2D eigenvalue weighted by atomic mass is 9.84. The average Bonchev–Trinajstić information content (AvgIpc) is 3.14. The van der Waals surface area contributed by atoms with Crippen molar-refractivity contribution in [2.24, 2.45) is 0 Å². The van der Waals surface area contributed by atoms with Gasteiger partial charge in [-0.25, -0.2) is 14.3 Å². The van der Waals surface area contributed by atoms with E-state index in [9.17, 15) is 14.4 Å². The van der Waals surface area contributed by atoms with Crippen LogP contribution in [0.5, 0.6) is 5.75 Å². The van der Waals surface area contributed by atoms with Gasteiger partial charge in [-0.15, -0.1) is 0 Å². The van der Waals surface area contributed by atoms with Crippen LogP contribution < -0.4 is 4.74 Å². The number of hydrogen-bond acceptors (Lipinski definition) is 5. The first-order valence-corrected chi connectivity index (χ1v) is 7.18. The number of carbonyl (C=O) groups excluding carboxylic acids is 3. The number of imidazole rings is 1. The molecule has 0 saturated carbocycles. The summed E-state index contributed by atoms with van der Waals surface area (Å²) in [5, 5.41) is 0. The fourth-order valence-electron chi connectivity index (χ4n) is 2.66. The Morgan fingerprint density at radius 3 is 2.25 bits per heavy atom. The molecule has 0 bridgehead atoms. The third-order valence-electron chi connectivity index (χ3n) is 3.82. The van der Waals surface area contributed by atoms with Gasteiger partial charge in [0.2, 0.25) is 0 Å². The van der Waals surface area contributed by atoms with Crippen LogP contribution in [0.25, 0.3) is 0 Å². The Kier molecular flexibility index (Phi) is 3.09. The van der Waals surface area contributed by atoms with Gasteiger partial charge < -0.3 is 4.74 Å². The van der Waals surface area contributed by atoms with Crippen molar-refractivity contribution in [3.8, 4) is 5.75 Å². The second-order valence-corrected chi connectivity index (χ2v) is 5.25. The number of ether oxygens (including phenoxy) is 1. The van der Waals surface area contributed by atoms with Gasteiger partial charge in [0.1, 0.15) is 12.1 Å². The van der Waals surface area contributed by atoms with Crippen LogP contribution >= 0.6 is 0 Å². The highest BCUT2D eigenvalue weighted by atomic mass is 16.6. The highest BCUT2D eigenvalue weighted by molar-refractivity contribution is 6.28. The van der Waals surface area contributed by atoms with Crippen molar-refractivity contribution in [3.05, 3.63) is 83.4 Å². The first kappa shape index (κ1) is 14.1. The molecule has 0 saturated heterocycles. The summed E-state index contributed by atoms with van der Waals surface area (Å²) in [4.78, 5) is 40.8. The van der Waals surface area contributed by atoms with Crippen LogP contribution in [0.3, 0.4) is 0 Å². The number of carbonyl (C=O) groups is 3. The molecule has 1 aliphatic rings. The normalized spacial score (nSPS) is 12.5. The van der Waals surface area contributed by atoms with Gasteiger partial charge >= 0.3 is 6.09 Å². The summed E-state index contributed by atoms with van der Waals surface area (Å²) in [7, 11) is 0. The molecule has 0 fully saturated rings. The average molecular weight is 318 g/mol. The van der Waals surface area contributed by atoms with E-state index >= 15 is 0 Å². The zero-order valence-electron chi connectivity index (χ0n) is 12.3. The number of fused-ring (bicyclic) bond motifs is 2. The Labute approximate surface area is 136 Å². The summed E-state index contributed by atoms with van der Waals surface area (Å²) in [6.07, 6.45) is 3.56. The molecule has 0 N–H and O–H groups in total. The molecule has 0 radical (unpaired) electrons. The minimum absolute atomic E-state index is 0.188. The van der Waals surface area contributed by atoms with E-state index in [2.05, 4.69) is 4.98 Å². The molecule has 24 heavy (non-hydrogen) atoms. The SMILES string of the molecule is O=C1c2ccccc2C(=O)c2cc(OC(=O)n3ccnc3)ccc21. The van der Waals surface area contributed by atoms with Gasteiger partial charge in [0.05, 0.1) is 0 Å². The van der Waals surface area contributed by atoms with E-state index in [1.807, 2.05) is 0 Å². The molecule has 0 amide bonds. The first-order valence-electron chi connectivity index (χ1n) is 7.18. The number of rotatable bonds is 1. The third kappa shape index (κ3) is 2.13. The molecule has 1 heterocycles. The highest BCUT2D eigenvalue weighted by Crippen LogP contribution is 2.29. The van der Waals surface area contributed by atoms with Gasteiger partial charge in [-0.1, -0.05) is 24.3 Å². The fourth-order valence-corrected chi connectivity index (χ4v) is 2.66. The van der Waals surface area contributed by atoms with Crippen LogP contribution in [0.1, 0.15) is 31.8 Å². The molecule has 3 aromatic rings. The Morgan fingerprint density at radius 1 is 0.917 bits per heavy atom. The zero-order valence-corrected chi connectivity index (χ0v) is 12.3. The molecule has 4 rings (SSSR count). The number of ketones is 2. The van der Waals surface area contributed by atoms with Crippen molar-refractivity contribution in [3.63, 3.8) is 0 Å². The summed E-state index contributed by atoms with van der Waals surface area (Å²) in [5.41, 5.74) is 1.28. The Bertz CT molecular complexity index is 990. The molecule has 6 nitrogen and oxygen atoms in total. The summed E-state index contributed by atoms with van der Waals surface area (Å²) < 4.78 is 6.39. The number of benzene rings is 2. The molecule has 0 unspecified atom stereocenters. The summed E-state index contributed by atoms with van der Waals surface area (Å²) in [5.74, 6) is -0.290. The monoisotopic (exact) mass is 318 g/mol. The van der Waals surface area contributed by atoms with Crippen LogP contribution in [-0.4, -0.2) is 27.2 Å². The minimum atomic E-state index is -0.651. The lowest BCUT2D eigenvalue weighted by Gasteiger charge is -2.17. The second kappa shape index (κ2) is 5.27. The Balaban J connectivity index is 1.72. The third-order valence-corrected chi connectivity index (χ3v) is 3.82. The lowest BCUT2D eigenvalue weighted by molar-refractivity contribution is 0.0979. The Hall–Kier alpha value is -3.54. The van der Waals surface area contributed by atoms with E-state index in [0.717, 1.165) is 0 Å². The maximum Gasteiger partial charge on any atom is 0.424 e. The van der Waals surface area contributed by atoms with Crippen molar-refractivity contribution in [1.29, 1.82) is 0 Å². The van der Waals surface area contributed by atoms with Crippen molar-refractivity contribution in [2.45, 2.75) is 0 Å². The van der Waals surface area contributed by atoms with E-state index in [-0.39, 0.29) is 22.9 Å². The minimum Gasteiger partial charge on any atom is -0.410 e. The molecular weight excluding hydrogens is 308 g/mol. The molecule has 1 aliphatic carbocycles. The predicted octanol–water partition coefficient (Wildman–Crippen LogP) is 2.71. The quantitative estimate of drug-likeness (QED) is 0.539. The fraction of sp³-hybridized carbons (Fsp3) is 0. The Morgan fingerprint density at radius 2 is 1.58 bits per heavy atom. The van der Waals surface area contributed by atoms with E-state index in [4.69, 9.17) is 4.74 Å². The van der Waals surface area contributed by atoms with E-state index in [1.54, 1.807) is 24.3 Å². The summed E-state index contributed by atoms with van der Waals surface area (Å²) >= 11 is 0. The van der Waals surface area contributed by atoms with Gasteiger partial charge in [0.25, 0.3) is 0 Å². The summed E-state index contributed by atoms with van der Waals surface area (Å²) in [6.45, 7) is 0. The standard InChI is InChI=1S/C18H10N2O4/c21-16-12-3-1-2-4-13(12)17(22)15-9-11(5-6-14(15)16)24-18(23)20-8-7-19-10-20/h1-10H. The molecule has 116 valence electrons. The maximum absolute atomic E-state index is 12.6. The maximum atomic E-state index is 12.6. The van der Waals surface area contributed by atoms with Crippen LogP contribution in [-0.2, 0) is 0 Å².